The molecule has 32 heavy (non-hydrogen) atoms. The predicted molar refractivity (Wildman–Crippen MR) is 130 cm³/mol. The highest BCUT2D eigenvalue weighted by Gasteiger charge is 2.52. The van der Waals surface area contributed by atoms with E-state index in [9.17, 15) is 0 Å². The molecule has 0 aromatic heterocycles. The molecule has 2 unspecified atom stereocenters. The van der Waals surface area contributed by atoms with Gasteiger partial charge in [0.2, 0.25) is 5.90 Å². The molecule has 1 spiro atoms. The molecule has 3 aromatic rings. The minimum atomic E-state index is -0.0195. The quantitative estimate of drug-likeness (QED) is 0.321. The average Bonchev–Trinajstić information content (AvgIpc) is 3.49. The molecule has 5 rings (SSSR count). The van der Waals surface area contributed by atoms with Gasteiger partial charge in [-0.2, -0.15) is 0 Å². The maximum atomic E-state index is 8.60. The molecule has 1 saturated carbocycles. The summed E-state index contributed by atoms with van der Waals surface area (Å²) in [6.45, 7) is 3.92. The summed E-state index contributed by atoms with van der Waals surface area (Å²) in [5.41, 5.74) is 2.99. The van der Waals surface area contributed by atoms with Crippen LogP contribution in [0, 0.1) is 16.7 Å². The fourth-order valence-electron chi connectivity index (χ4n) is 4.31. The van der Waals surface area contributed by atoms with Crippen molar-refractivity contribution >= 4 is 29.6 Å². The molecule has 158 valence electrons. The Morgan fingerprint density at radius 2 is 1.53 bits per heavy atom. The normalized spacial score (nSPS) is 20.2. The highest BCUT2D eigenvalue weighted by Crippen LogP contribution is 2.48. The molecule has 2 aliphatic rings. The van der Waals surface area contributed by atoms with Gasteiger partial charge >= 0.3 is 0 Å². The Morgan fingerprint density at radius 1 is 0.875 bits per heavy atom. The SMILES string of the molecule is C=C(OC(=N)c1ccc(C(=N)CC2CC23C=c2ccccc2=CN3)cc1)c1ccccc1. The Hall–Kier alpha value is -3.92. The minimum absolute atomic E-state index is 0.0195. The molecule has 0 radical (unpaired) electrons. The van der Waals surface area contributed by atoms with E-state index in [0.29, 0.717) is 23.0 Å². The number of fused-ring (bicyclic) bond motifs is 1. The van der Waals surface area contributed by atoms with Crippen LogP contribution < -0.4 is 15.8 Å². The summed E-state index contributed by atoms with van der Waals surface area (Å²) in [5, 5.41) is 22.9. The Morgan fingerprint density at radius 3 is 2.28 bits per heavy atom. The van der Waals surface area contributed by atoms with E-state index in [1.807, 2.05) is 54.6 Å². The lowest BCUT2D eigenvalue weighted by atomic mass is 9.99. The van der Waals surface area contributed by atoms with E-state index < -0.39 is 0 Å². The number of rotatable bonds is 6. The number of nitrogens with one attached hydrogen (secondary N) is 3. The van der Waals surface area contributed by atoms with Gasteiger partial charge in [-0.05, 0) is 46.9 Å². The smallest absolute Gasteiger partial charge is 0.219 e. The van der Waals surface area contributed by atoms with Crippen molar-refractivity contribution in [2.24, 2.45) is 5.92 Å². The lowest BCUT2D eigenvalue weighted by Crippen LogP contribution is -2.41. The minimum Gasteiger partial charge on any atom is -0.439 e. The first-order chi connectivity index (χ1) is 15.5. The first-order valence-corrected chi connectivity index (χ1v) is 10.8. The number of ether oxygens (including phenoxy) is 1. The summed E-state index contributed by atoms with van der Waals surface area (Å²) in [7, 11) is 0. The molecule has 4 nitrogen and oxygen atoms in total. The first kappa shape index (κ1) is 20.0. The third-order valence-electron chi connectivity index (χ3n) is 6.33. The highest BCUT2D eigenvalue weighted by molar-refractivity contribution is 6.00. The van der Waals surface area contributed by atoms with Crippen LogP contribution in [-0.4, -0.2) is 17.1 Å². The largest absolute Gasteiger partial charge is 0.439 e. The standard InChI is InChI=1S/C28H25N3O/c1-19(20-7-3-2-4-8-20)32-27(30)22-13-11-21(12-14-22)26(29)15-25-17-28(25)16-23-9-5-6-10-24(23)18-31-28/h2-14,16,18,25,29-31H,1,15,17H2. The Bertz CT molecular complexity index is 1330. The van der Waals surface area contributed by atoms with E-state index in [0.717, 1.165) is 24.0 Å². The van der Waals surface area contributed by atoms with Gasteiger partial charge in [0.25, 0.3) is 0 Å². The molecule has 0 amide bonds. The zero-order chi connectivity index (χ0) is 22.1. The van der Waals surface area contributed by atoms with E-state index in [-0.39, 0.29) is 11.4 Å². The fourth-order valence-corrected chi connectivity index (χ4v) is 4.31. The van der Waals surface area contributed by atoms with E-state index >= 15 is 0 Å². The lowest BCUT2D eigenvalue weighted by molar-refractivity contribution is 0.506. The van der Waals surface area contributed by atoms with Crippen LogP contribution >= 0.6 is 0 Å². The molecule has 3 N–H and O–H groups in total. The molecule has 1 aliphatic carbocycles. The summed E-state index contributed by atoms with van der Waals surface area (Å²) in [6.07, 6.45) is 6.18. The zero-order valence-electron chi connectivity index (χ0n) is 17.8. The summed E-state index contributed by atoms with van der Waals surface area (Å²) >= 11 is 0. The number of benzene rings is 3. The van der Waals surface area contributed by atoms with Gasteiger partial charge in [-0.1, -0.05) is 79.4 Å². The van der Waals surface area contributed by atoms with Gasteiger partial charge in [0.05, 0.1) is 5.54 Å². The van der Waals surface area contributed by atoms with Crippen LogP contribution in [0.5, 0.6) is 0 Å². The van der Waals surface area contributed by atoms with Crippen molar-refractivity contribution in [3.05, 3.63) is 113 Å². The van der Waals surface area contributed by atoms with Crippen molar-refractivity contribution in [3.8, 4) is 0 Å². The second-order valence-electron chi connectivity index (χ2n) is 8.48. The number of hydrogen-bond acceptors (Lipinski definition) is 4. The predicted octanol–water partition coefficient (Wildman–Crippen LogP) is 4.04. The summed E-state index contributed by atoms with van der Waals surface area (Å²) < 4.78 is 5.62. The Kier molecular flexibility index (Phi) is 4.98. The van der Waals surface area contributed by atoms with Crippen LogP contribution in [0.25, 0.3) is 18.0 Å². The molecule has 1 heterocycles. The van der Waals surface area contributed by atoms with Crippen molar-refractivity contribution in [3.63, 3.8) is 0 Å². The molecule has 3 aromatic carbocycles. The summed E-state index contributed by atoms with van der Waals surface area (Å²) in [6, 6.07) is 25.4. The van der Waals surface area contributed by atoms with Crippen molar-refractivity contribution in [2.45, 2.75) is 18.4 Å². The Labute approximate surface area is 187 Å². The zero-order valence-corrected chi connectivity index (χ0v) is 17.8. The fraction of sp³-hybridized carbons (Fsp3) is 0.143. The van der Waals surface area contributed by atoms with Gasteiger partial charge in [-0.3, -0.25) is 5.41 Å². The molecule has 1 fully saturated rings. The van der Waals surface area contributed by atoms with Crippen molar-refractivity contribution < 1.29 is 4.74 Å². The van der Waals surface area contributed by atoms with Gasteiger partial charge < -0.3 is 15.5 Å². The van der Waals surface area contributed by atoms with Gasteiger partial charge in [0, 0.05) is 23.0 Å². The third kappa shape index (κ3) is 3.87. The van der Waals surface area contributed by atoms with Crippen LogP contribution in [0.1, 0.15) is 29.5 Å². The highest BCUT2D eigenvalue weighted by atomic mass is 16.5. The van der Waals surface area contributed by atoms with Crippen molar-refractivity contribution in [1.29, 1.82) is 10.8 Å². The van der Waals surface area contributed by atoms with Crippen molar-refractivity contribution in [2.75, 3.05) is 0 Å². The second-order valence-corrected chi connectivity index (χ2v) is 8.48. The maximum absolute atomic E-state index is 8.60. The van der Waals surface area contributed by atoms with Crippen molar-refractivity contribution in [1.82, 2.24) is 5.32 Å². The number of hydrogen-bond donors (Lipinski definition) is 3. The van der Waals surface area contributed by atoms with Crippen LogP contribution in [0.3, 0.4) is 0 Å². The lowest BCUT2D eigenvalue weighted by Gasteiger charge is -2.17. The molecule has 0 bridgehead atoms. The third-order valence-corrected chi connectivity index (χ3v) is 6.33. The topological polar surface area (TPSA) is 69.0 Å². The van der Waals surface area contributed by atoms with Gasteiger partial charge in [-0.15, -0.1) is 0 Å². The van der Waals surface area contributed by atoms with Crippen LogP contribution in [0.15, 0.2) is 85.4 Å². The maximum Gasteiger partial charge on any atom is 0.219 e. The van der Waals surface area contributed by atoms with Gasteiger partial charge in [-0.25, -0.2) is 0 Å². The molecular formula is C28H25N3O. The summed E-state index contributed by atoms with van der Waals surface area (Å²) in [4.78, 5) is 0. The van der Waals surface area contributed by atoms with E-state index in [1.54, 1.807) is 0 Å². The van der Waals surface area contributed by atoms with Crippen LogP contribution in [0.4, 0.5) is 0 Å². The molecule has 0 saturated heterocycles. The first-order valence-electron chi connectivity index (χ1n) is 10.8. The van der Waals surface area contributed by atoms with Crippen LogP contribution in [-0.2, 0) is 4.74 Å². The van der Waals surface area contributed by atoms with Gasteiger partial charge in [0.1, 0.15) is 5.76 Å². The molecular weight excluding hydrogens is 394 g/mol. The molecule has 1 aliphatic heterocycles. The second kappa shape index (κ2) is 7.97. The summed E-state index contributed by atoms with van der Waals surface area (Å²) in [5.74, 6) is 0.907. The average molecular weight is 420 g/mol. The molecule has 2 atom stereocenters. The van der Waals surface area contributed by atoms with Crippen LogP contribution in [0.2, 0.25) is 0 Å². The van der Waals surface area contributed by atoms with Gasteiger partial charge in [0.15, 0.2) is 0 Å². The van der Waals surface area contributed by atoms with E-state index in [1.165, 1.54) is 10.4 Å². The Balaban J connectivity index is 1.21. The van der Waals surface area contributed by atoms with E-state index in [4.69, 9.17) is 15.6 Å². The monoisotopic (exact) mass is 419 g/mol. The molecule has 4 heteroatoms. The van der Waals surface area contributed by atoms with E-state index in [2.05, 4.69) is 48.4 Å².